The summed E-state index contributed by atoms with van der Waals surface area (Å²) in [5.41, 5.74) is 6.65. The Labute approximate surface area is 366 Å². The average molecular weight is 937 g/mol. The summed E-state index contributed by atoms with van der Waals surface area (Å²) >= 11 is 24.3. The number of nitrogens with zero attached hydrogens (tertiary/aromatic N) is 9. The van der Waals surface area contributed by atoms with Crippen molar-refractivity contribution in [3.05, 3.63) is 201 Å². The molecule has 0 aliphatic carbocycles. The summed E-state index contributed by atoms with van der Waals surface area (Å²) in [6.07, 6.45) is 6.18. The van der Waals surface area contributed by atoms with Crippen LogP contribution in [-0.2, 0) is 30.2 Å². The predicted molar refractivity (Wildman–Crippen MR) is 221 cm³/mol. The van der Waals surface area contributed by atoms with Crippen LogP contribution in [0.2, 0.25) is 20.6 Å². The molecule has 0 spiro atoms. The molecule has 0 saturated carbocycles. The van der Waals surface area contributed by atoms with Gasteiger partial charge in [0.15, 0.2) is 16.9 Å². The van der Waals surface area contributed by atoms with Crippen molar-refractivity contribution in [2.75, 3.05) is 0 Å². The van der Waals surface area contributed by atoms with Crippen LogP contribution in [0.1, 0.15) is 35.5 Å². The summed E-state index contributed by atoms with van der Waals surface area (Å²) in [7, 11) is 4.76. The monoisotopic (exact) mass is 933 g/mol. The molecule has 0 bridgehead atoms. The average Bonchev–Trinajstić information content (AvgIpc) is 3.99. The molecule has 3 aromatic carbocycles. The van der Waals surface area contributed by atoms with Gasteiger partial charge in [0.05, 0.1) is 35.8 Å². The molecule has 0 saturated heterocycles. The van der Waals surface area contributed by atoms with E-state index in [9.17, 15) is 13.2 Å². The zero-order chi connectivity index (χ0) is 40.9. The summed E-state index contributed by atoms with van der Waals surface area (Å²) in [5.74, 6) is -0.691. The second kappa shape index (κ2) is 22.4. The van der Waals surface area contributed by atoms with Crippen LogP contribution in [0.4, 0.5) is 13.2 Å². The molecule has 58 heavy (non-hydrogen) atoms. The second-order valence-corrected chi connectivity index (χ2v) is 13.1. The number of halogens is 8. The van der Waals surface area contributed by atoms with Crippen LogP contribution in [0.5, 0.6) is 0 Å². The van der Waals surface area contributed by atoms with Crippen molar-refractivity contribution in [3.8, 4) is 0 Å². The Kier molecular flexibility index (Phi) is 17.8. The first-order chi connectivity index (χ1) is 27.5. The summed E-state index contributed by atoms with van der Waals surface area (Å²) < 4.78 is 42.5. The van der Waals surface area contributed by atoms with Crippen molar-refractivity contribution in [3.63, 3.8) is 0 Å². The van der Waals surface area contributed by atoms with Crippen molar-refractivity contribution in [1.29, 1.82) is 0 Å². The zero-order valence-electron chi connectivity index (χ0n) is 29.5. The van der Waals surface area contributed by atoms with E-state index in [1.807, 2.05) is 0 Å². The van der Waals surface area contributed by atoms with Crippen LogP contribution in [0, 0.1) is 24.4 Å². The van der Waals surface area contributed by atoms with E-state index < -0.39 is 0 Å². The number of rotatable bonds is 4. The van der Waals surface area contributed by atoms with Gasteiger partial charge < -0.3 is 0 Å². The topological polar surface area (TPSA) is 90.6 Å². The minimum absolute atomic E-state index is 0. The van der Waals surface area contributed by atoms with Gasteiger partial charge in [0.1, 0.15) is 32.2 Å². The van der Waals surface area contributed by atoms with E-state index >= 15 is 0 Å². The van der Waals surface area contributed by atoms with Gasteiger partial charge in [-0.15, -0.1) is 0 Å². The molecule has 9 aromatic rings. The van der Waals surface area contributed by atoms with Gasteiger partial charge in [0, 0.05) is 37.1 Å². The maximum atomic E-state index is 12.8. The molecule has 0 radical (unpaired) electrons. The molecule has 0 aliphatic heterocycles. The summed E-state index contributed by atoms with van der Waals surface area (Å²) in [6.45, 7) is 3.60. The van der Waals surface area contributed by atoms with Crippen LogP contribution >= 0.6 is 56.1 Å². The van der Waals surface area contributed by atoms with Gasteiger partial charge in [0.2, 0.25) is 0 Å². The molecule has 0 atom stereocenters. The number of fused-ring (bicyclic) bond motifs is 3. The number of aromatic nitrogens is 9. The zero-order valence-corrected chi connectivity index (χ0v) is 36.2. The molecule has 0 N–H and O–H groups in total. The third kappa shape index (κ3) is 13.1. The molecule has 6 aromatic heterocycles. The molecule has 0 amide bonds. The molecule has 9 rings (SSSR count). The number of hydrogen-bond acceptors (Lipinski definition) is 6. The van der Waals surface area contributed by atoms with Crippen molar-refractivity contribution in [2.45, 2.75) is 20.3 Å². The first-order valence-electron chi connectivity index (χ1n) is 16.5. The van der Waals surface area contributed by atoms with Crippen molar-refractivity contribution < 1.29 is 30.5 Å². The van der Waals surface area contributed by atoms with Gasteiger partial charge >= 0.3 is 27.0 Å². The number of benzene rings is 3. The van der Waals surface area contributed by atoms with Gasteiger partial charge in [-0.3, -0.25) is 0 Å². The van der Waals surface area contributed by atoms with Crippen LogP contribution in [0.25, 0.3) is 16.9 Å². The first-order valence-corrected chi connectivity index (χ1v) is 21.9. The molecule has 0 fully saturated rings. The van der Waals surface area contributed by atoms with Gasteiger partial charge in [-0.2, -0.15) is 39.9 Å². The van der Waals surface area contributed by atoms with E-state index in [-0.39, 0.29) is 24.9 Å². The van der Waals surface area contributed by atoms with Crippen molar-refractivity contribution in [2.24, 2.45) is 0 Å². The fourth-order valence-electron chi connectivity index (χ4n) is 5.04. The predicted octanol–water partition coefficient (Wildman–Crippen LogP) is 11.6. The van der Waals surface area contributed by atoms with Gasteiger partial charge in [0.25, 0.3) is 0 Å². The Balaban J connectivity index is 0.000000175. The molecular formula is C40H31Cl5F3N9Zn. The van der Waals surface area contributed by atoms with Crippen molar-refractivity contribution in [1.82, 2.24) is 43.8 Å². The maximum absolute atomic E-state index is 12.8. The quantitative estimate of drug-likeness (QED) is 0.0992. The third-order valence-electron chi connectivity index (χ3n) is 7.57. The Morgan fingerprint density at radius 1 is 0.500 bits per heavy atom. The van der Waals surface area contributed by atoms with Crippen LogP contribution in [-0.4, -0.2) is 43.8 Å². The first kappa shape index (κ1) is 45.9. The molecule has 0 aliphatic rings. The number of hydrogen-bond donors (Lipinski definition) is 0. The van der Waals surface area contributed by atoms with Crippen LogP contribution in [0.15, 0.2) is 128 Å². The molecule has 6 heterocycles. The van der Waals surface area contributed by atoms with E-state index in [0.29, 0.717) is 50.4 Å². The summed E-state index contributed by atoms with van der Waals surface area (Å²) in [4.78, 5) is 12.6. The fraction of sp³-hybridized carbons (Fsp3) is 0.0750. The summed E-state index contributed by atoms with van der Waals surface area (Å²) in [6, 6.07) is 29.2. The van der Waals surface area contributed by atoms with Gasteiger partial charge in [-0.1, -0.05) is 90.2 Å². The standard InChI is InChI=1S/2C13H9ClFN3.C7H6F.C6H3Cl2N3.CH4.ClH.Zn/c14-12-8-11(18-13(17-12)5-6-16-18)7-9-1-3-10(15)4-2-9;14-12-8-11(17-13-5-6-16-18(12)13)7-9-1-3-10(15)4-2-9;1-6-2-4-7(8)5-3-6;7-4-3-5(8)11-6(10-4)1-2-9-11;;;/h2*1-6,8H,7H2;2-5H,1H2;1-3H;1H4;1H;/q;;-1;;;;+2/p-1. The minimum atomic E-state index is -0.240. The summed E-state index contributed by atoms with van der Waals surface area (Å²) in [5, 5.41) is 14.0. The Bertz CT molecular complexity index is 2640. The van der Waals surface area contributed by atoms with E-state index in [1.54, 1.807) is 100 Å². The third-order valence-corrected chi connectivity index (χ3v) is 8.49. The SMILES string of the molecule is C.Clc1cc(Cl)n2nccc2n1.Fc1ccc(Cc2cc(Cl)n3nccc3n2)cc1.Fc1ccc(Cc2cc(Cl)nc3ccnn23)cc1.[CH2-]c1ccc(F)cc1.[Cl][Zn+]. The van der Waals surface area contributed by atoms with E-state index in [0.717, 1.165) is 45.4 Å². The van der Waals surface area contributed by atoms with E-state index in [4.69, 9.17) is 56.1 Å². The van der Waals surface area contributed by atoms with Crippen LogP contribution in [0.3, 0.4) is 0 Å². The molecule has 0 unspecified atom stereocenters. The van der Waals surface area contributed by atoms with Crippen LogP contribution < -0.4 is 0 Å². The fourth-order valence-corrected chi connectivity index (χ4v) is 5.98. The Morgan fingerprint density at radius 3 is 1.40 bits per heavy atom. The molecule has 294 valence electrons. The van der Waals surface area contributed by atoms with E-state index in [1.165, 1.54) is 40.9 Å². The normalized spacial score (nSPS) is 10.2. The molecule has 9 nitrogen and oxygen atoms in total. The van der Waals surface area contributed by atoms with Crippen molar-refractivity contribution >= 4 is 73.0 Å². The second-order valence-electron chi connectivity index (χ2n) is 11.6. The van der Waals surface area contributed by atoms with Gasteiger partial charge in [-0.05, 0) is 47.5 Å². The molecular weight excluding hydrogens is 906 g/mol. The van der Waals surface area contributed by atoms with E-state index in [2.05, 4.69) is 37.2 Å². The Morgan fingerprint density at radius 2 is 0.897 bits per heavy atom. The van der Waals surface area contributed by atoms with Gasteiger partial charge in [-0.25, -0.2) is 41.7 Å². The molecule has 18 heteroatoms. The Hall–Kier alpha value is -4.75.